The minimum absolute atomic E-state index is 0.0120. The van der Waals surface area contributed by atoms with E-state index in [4.69, 9.17) is 9.15 Å². The third kappa shape index (κ3) is 3.76. The van der Waals surface area contributed by atoms with Gasteiger partial charge in [0.05, 0.1) is 24.4 Å². The van der Waals surface area contributed by atoms with E-state index >= 15 is 0 Å². The number of morpholine rings is 1. The normalized spacial score (nSPS) is 18.6. The highest BCUT2D eigenvalue weighted by Gasteiger charge is 2.30. The summed E-state index contributed by atoms with van der Waals surface area (Å²) in [5.74, 6) is 1.43. The van der Waals surface area contributed by atoms with Gasteiger partial charge in [-0.25, -0.2) is 4.98 Å². The lowest BCUT2D eigenvalue weighted by Gasteiger charge is -2.30. The van der Waals surface area contributed by atoms with E-state index in [-0.39, 0.29) is 12.0 Å². The van der Waals surface area contributed by atoms with Crippen LogP contribution in [0.25, 0.3) is 0 Å². The number of aromatic nitrogens is 3. The van der Waals surface area contributed by atoms with Gasteiger partial charge in [0.25, 0.3) is 5.91 Å². The number of aryl methyl sites for hydroxylation is 1. The molecule has 3 heterocycles. The Morgan fingerprint density at radius 2 is 2.30 bits per heavy atom. The van der Waals surface area contributed by atoms with Crippen molar-refractivity contribution in [2.45, 2.75) is 33.3 Å². The molecule has 1 fully saturated rings. The molecule has 2 aromatic heterocycles. The van der Waals surface area contributed by atoms with Gasteiger partial charge in [-0.3, -0.25) is 4.79 Å². The van der Waals surface area contributed by atoms with Crippen molar-refractivity contribution in [3.63, 3.8) is 0 Å². The number of hydrogen-bond acceptors (Lipinski definition) is 7. The smallest absolute Gasteiger partial charge is 0.265 e. The first-order valence-electron chi connectivity index (χ1n) is 7.68. The Morgan fingerprint density at radius 3 is 3.00 bits per heavy atom. The van der Waals surface area contributed by atoms with Crippen LogP contribution in [0.5, 0.6) is 0 Å². The quantitative estimate of drug-likeness (QED) is 0.852. The van der Waals surface area contributed by atoms with Crippen molar-refractivity contribution in [2.75, 3.05) is 19.7 Å². The van der Waals surface area contributed by atoms with Crippen molar-refractivity contribution >= 4 is 17.2 Å². The van der Waals surface area contributed by atoms with Gasteiger partial charge < -0.3 is 14.1 Å². The molecule has 23 heavy (non-hydrogen) atoms. The predicted molar refractivity (Wildman–Crippen MR) is 84.3 cm³/mol. The van der Waals surface area contributed by atoms with Crippen molar-refractivity contribution in [2.24, 2.45) is 5.92 Å². The number of thiazole rings is 1. The van der Waals surface area contributed by atoms with Crippen LogP contribution in [0, 0.1) is 12.8 Å². The lowest BCUT2D eigenvalue weighted by Crippen LogP contribution is -2.42. The third-order valence-corrected chi connectivity index (χ3v) is 4.53. The molecular formula is C15H20N4O3S. The molecule has 1 atom stereocenters. The highest BCUT2D eigenvalue weighted by molar-refractivity contribution is 7.13. The number of carbonyl (C=O) groups excluding carboxylic acids is 1. The second-order valence-corrected chi connectivity index (χ2v) is 7.10. The van der Waals surface area contributed by atoms with Crippen LogP contribution >= 0.6 is 11.3 Å². The number of rotatable bonds is 4. The van der Waals surface area contributed by atoms with Crippen LogP contribution < -0.4 is 0 Å². The Hall–Kier alpha value is -1.80. The lowest BCUT2D eigenvalue weighted by atomic mass is 10.1. The predicted octanol–water partition coefficient (Wildman–Crippen LogP) is 2.25. The van der Waals surface area contributed by atoms with Gasteiger partial charge >= 0.3 is 0 Å². The van der Waals surface area contributed by atoms with Gasteiger partial charge in [0.2, 0.25) is 11.8 Å². The Kier molecular flexibility index (Phi) is 4.72. The minimum atomic E-state index is -0.364. The SMILES string of the molecule is Cc1nnc(C2CN(C(=O)c3cnc(CC(C)C)s3)CCO2)o1. The van der Waals surface area contributed by atoms with Crippen LogP contribution in [0.1, 0.15) is 46.4 Å². The standard InChI is InChI=1S/C15H20N4O3S/c1-9(2)6-13-16-7-12(23-13)15(20)19-4-5-21-11(8-19)14-18-17-10(3)22-14/h7,9,11H,4-6,8H2,1-3H3. The van der Waals surface area contributed by atoms with Crippen molar-refractivity contribution in [1.82, 2.24) is 20.1 Å². The second kappa shape index (κ2) is 6.76. The zero-order valence-electron chi connectivity index (χ0n) is 13.5. The average Bonchev–Trinajstić information content (AvgIpc) is 3.15. The summed E-state index contributed by atoms with van der Waals surface area (Å²) in [5.41, 5.74) is 0. The van der Waals surface area contributed by atoms with Gasteiger partial charge in [-0.1, -0.05) is 13.8 Å². The number of hydrogen-bond donors (Lipinski definition) is 0. The Morgan fingerprint density at radius 1 is 1.48 bits per heavy atom. The van der Waals surface area contributed by atoms with Gasteiger partial charge in [-0.15, -0.1) is 21.5 Å². The maximum atomic E-state index is 12.7. The highest BCUT2D eigenvalue weighted by Crippen LogP contribution is 2.24. The van der Waals surface area contributed by atoms with Crippen LogP contribution in [0.2, 0.25) is 0 Å². The molecule has 7 nitrogen and oxygen atoms in total. The van der Waals surface area contributed by atoms with E-state index in [1.54, 1.807) is 18.0 Å². The summed E-state index contributed by atoms with van der Waals surface area (Å²) in [6.07, 6.45) is 2.20. The van der Waals surface area contributed by atoms with E-state index in [9.17, 15) is 4.79 Å². The molecule has 1 aliphatic rings. The van der Waals surface area contributed by atoms with Crippen molar-refractivity contribution in [1.29, 1.82) is 0 Å². The summed E-state index contributed by atoms with van der Waals surface area (Å²) < 4.78 is 11.1. The minimum Gasteiger partial charge on any atom is -0.423 e. The third-order valence-electron chi connectivity index (χ3n) is 3.52. The average molecular weight is 336 g/mol. The van der Waals surface area contributed by atoms with Crippen molar-refractivity contribution in [3.05, 3.63) is 27.9 Å². The molecule has 1 amide bonds. The largest absolute Gasteiger partial charge is 0.423 e. The van der Waals surface area contributed by atoms with E-state index in [2.05, 4.69) is 29.0 Å². The maximum Gasteiger partial charge on any atom is 0.265 e. The number of nitrogens with zero attached hydrogens (tertiary/aromatic N) is 4. The van der Waals surface area contributed by atoms with Crippen LogP contribution in [0.15, 0.2) is 10.6 Å². The molecule has 0 aromatic carbocycles. The molecule has 0 saturated carbocycles. The maximum absolute atomic E-state index is 12.7. The van der Waals surface area contributed by atoms with E-state index in [1.165, 1.54) is 11.3 Å². The molecule has 0 aliphatic carbocycles. The van der Waals surface area contributed by atoms with Crippen molar-refractivity contribution < 1.29 is 13.9 Å². The van der Waals surface area contributed by atoms with Crippen molar-refractivity contribution in [3.8, 4) is 0 Å². The van der Waals surface area contributed by atoms with Crippen LogP contribution in [-0.4, -0.2) is 45.7 Å². The molecule has 0 radical (unpaired) electrons. The molecule has 2 aromatic rings. The van der Waals surface area contributed by atoms with Gasteiger partial charge in [0, 0.05) is 19.9 Å². The molecule has 0 N–H and O–H groups in total. The fourth-order valence-electron chi connectivity index (χ4n) is 2.43. The number of ether oxygens (including phenoxy) is 1. The Balaban J connectivity index is 1.68. The van der Waals surface area contributed by atoms with Gasteiger partial charge in [0.1, 0.15) is 4.88 Å². The van der Waals surface area contributed by atoms with Gasteiger partial charge in [-0.05, 0) is 5.92 Å². The first-order chi connectivity index (χ1) is 11.0. The molecule has 124 valence electrons. The number of carbonyl (C=O) groups is 1. The van der Waals surface area contributed by atoms with Crippen LogP contribution in [0.4, 0.5) is 0 Å². The molecule has 3 rings (SSSR count). The van der Waals surface area contributed by atoms with Crippen LogP contribution in [0.3, 0.4) is 0 Å². The first-order valence-corrected chi connectivity index (χ1v) is 8.50. The second-order valence-electron chi connectivity index (χ2n) is 5.99. The summed E-state index contributed by atoms with van der Waals surface area (Å²) in [6, 6.07) is 0. The zero-order chi connectivity index (χ0) is 16.4. The van der Waals surface area contributed by atoms with E-state index in [0.29, 0.717) is 42.3 Å². The molecule has 8 heteroatoms. The summed E-state index contributed by atoms with van der Waals surface area (Å²) in [5, 5.41) is 8.80. The monoisotopic (exact) mass is 336 g/mol. The summed E-state index contributed by atoms with van der Waals surface area (Å²) >= 11 is 1.47. The summed E-state index contributed by atoms with van der Waals surface area (Å²) in [7, 11) is 0. The molecule has 1 unspecified atom stereocenters. The van der Waals surface area contributed by atoms with Gasteiger partial charge in [-0.2, -0.15) is 0 Å². The Bertz CT molecular complexity index is 682. The molecular weight excluding hydrogens is 316 g/mol. The topological polar surface area (TPSA) is 81.4 Å². The Labute approximate surface area is 138 Å². The summed E-state index contributed by atoms with van der Waals surface area (Å²) in [6.45, 7) is 7.44. The fraction of sp³-hybridized carbons (Fsp3) is 0.600. The molecule has 1 aliphatic heterocycles. The zero-order valence-corrected chi connectivity index (χ0v) is 14.3. The molecule has 0 spiro atoms. The van der Waals surface area contributed by atoms with E-state index in [1.807, 2.05) is 0 Å². The fourth-order valence-corrected chi connectivity index (χ4v) is 3.53. The highest BCUT2D eigenvalue weighted by atomic mass is 32.1. The molecule has 0 bridgehead atoms. The number of amides is 1. The van der Waals surface area contributed by atoms with E-state index < -0.39 is 0 Å². The summed E-state index contributed by atoms with van der Waals surface area (Å²) in [4.78, 5) is 19.4. The van der Waals surface area contributed by atoms with Crippen LogP contribution in [-0.2, 0) is 11.2 Å². The molecule has 1 saturated heterocycles. The van der Waals surface area contributed by atoms with E-state index in [0.717, 1.165) is 11.4 Å². The lowest BCUT2D eigenvalue weighted by molar-refractivity contribution is -0.0348. The first kappa shape index (κ1) is 16.1. The van der Waals surface area contributed by atoms with Gasteiger partial charge in [0.15, 0.2) is 6.10 Å².